The van der Waals surface area contributed by atoms with Crippen molar-refractivity contribution in [3.8, 4) is 0 Å². The number of carbonyl (C=O) groups excluding carboxylic acids is 2. The normalized spacial score (nSPS) is 15.1. The quantitative estimate of drug-likeness (QED) is 0.475. The van der Waals surface area contributed by atoms with Crippen LogP contribution in [0.2, 0.25) is 5.02 Å². The molecule has 6 heteroatoms. The highest BCUT2D eigenvalue weighted by Crippen LogP contribution is 2.16. The van der Waals surface area contributed by atoms with Crippen molar-refractivity contribution in [3.05, 3.63) is 76.3 Å². The van der Waals surface area contributed by atoms with E-state index >= 15 is 0 Å². The summed E-state index contributed by atoms with van der Waals surface area (Å²) < 4.78 is 4.96. The number of nitrogens with zero attached hydrogens (tertiary/aromatic N) is 2. The summed E-state index contributed by atoms with van der Waals surface area (Å²) in [4.78, 5) is 28.5. The van der Waals surface area contributed by atoms with E-state index in [1.807, 2.05) is 24.0 Å². The van der Waals surface area contributed by atoms with Crippen molar-refractivity contribution in [2.75, 3.05) is 39.3 Å². The lowest BCUT2D eigenvalue weighted by atomic mass is 10.0. The number of halogens is 1. The van der Waals surface area contributed by atoms with Crippen LogP contribution >= 0.6 is 11.6 Å². The molecule has 1 aliphatic rings. The van der Waals surface area contributed by atoms with Crippen molar-refractivity contribution in [1.82, 2.24) is 9.80 Å². The zero-order valence-corrected chi connectivity index (χ0v) is 18.9. The standard InChI is InChI=1S/C25H29ClN2O3/c1-3-31-24(29)18-19(2)21-6-4-20(5-7-21)12-13-27-14-16-28(17-15-27)25(30)22-8-10-23(26)11-9-22/h4-11,18H,3,12-17H2,1-2H3/b19-18+. The average Bonchev–Trinajstić information content (AvgIpc) is 2.78. The summed E-state index contributed by atoms with van der Waals surface area (Å²) in [6.45, 7) is 8.27. The summed E-state index contributed by atoms with van der Waals surface area (Å²) in [5.74, 6) is -0.240. The fraction of sp³-hybridized carbons (Fsp3) is 0.360. The molecular formula is C25H29ClN2O3. The summed E-state index contributed by atoms with van der Waals surface area (Å²) in [6, 6.07) is 15.4. The summed E-state index contributed by atoms with van der Waals surface area (Å²) >= 11 is 5.91. The van der Waals surface area contributed by atoms with E-state index in [0.29, 0.717) is 17.2 Å². The molecule has 1 aliphatic heterocycles. The lowest BCUT2D eigenvalue weighted by Gasteiger charge is -2.34. The Hall–Kier alpha value is -2.63. The summed E-state index contributed by atoms with van der Waals surface area (Å²) in [7, 11) is 0. The third kappa shape index (κ3) is 6.68. The zero-order valence-electron chi connectivity index (χ0n) is 18.1. The number of amides is 1. The highest BCUT2D eigenvalue weighted by atomic mass is 35.5. The molecule has 164 valence electrons. The average molecular weight is 441 g/mol. The van der Waals surface area contributed by atoms with E-state index < -0.39 is 0 Å². The first-order chi connectivity index (χ1) is 15.0. The molecule has 0 spiro atoms. The fourth-order valence-electron chi connectivity index (χ4n) is 3.62. The van der Waals surface area contributed by atoms with Gasteiger partial charge in [-0.3, -0.25) is 9.69 Å². The largest absolute Gasteiger partial charge is 0.463 e. The minimum absolute atomic E-state index is 0.0677. The van der Waals surface area contributed by atoms with Crippen molar-refractivity contribution in [2.45, 2.75) is 20.3 Å². The van der Waals surface area contributed by atoms with E-state index in [2.05, 4.69) is 17.0 Å². The fourth-order valence-corrected chi connectivity index (χ4v) is 3.74. The Morgan fingerprint density at radius 1 is 0.968 bits per heavy atom. The van der Waals surface area contributed by atoms with Gasteiger partial charge in [0.05, 0.1) is 6.61 Å². The van der Waals surface area contributed by atoms with Gasteiger partial charge >= 0.3 is 5.97 Å². The minimum Gasteiger partial charge on any atom is -0.463 e. The molecule has 1 fully saturated rings. The second kappa shape index (κ2) is 11.1. The molecule has 1 saturated heterocycles. The molecule has 0 atom stereocenters. The number of piperazine rings is 1. The van der Waals surface area contributed by atoms with Crippen molar-refractivity contribution in [3.63, 3.8) is 0 Å². The molecule has 3 rings (SSSR count). The maximum Gasteiger partial charge on any atom is 0.331 e. The number of rotatable bonds is 7. The van der Waals surface area contributed by atoms with Gasteiger partial charge < -0.3 is 9.64 Å². The Balaban J connectivity index is 1.45. The molecular weight excluding hydrogens is 412 g/mol. The van der Waals surface area contributed by atoms with Crippen LogP contribution in [0.15, 0.2) is 54.6 Å². The predicted molar refractivity (Wildman–Crippen MR) is 124 cm³/mol. The molecule has 0 N–H and O–H groups in total. The Bertz CT molecular complexity index is 915. The number of hydrogen-bond acceptors (Lipinski definition) is 4. The van der Waals surface area contributed by atoms with E-state index in [-0.39, 0.29) is 11.9 Å². The van der Waals surface area contributed by atoms with Crippen molar-refractivity contribution in [2.24, 2.45) is 0 Å². The van der Waals surface area contributed by atoms with Gasteiger partial charge in [0.2, 0.25) is 0 Å². The number of ether oxygens (including phenoxy) is 1. The van der Waals surface area contributed by atoms with Crippen LogP contribution < -0.4 is 0 Å². The highest BCUT2D eigenvalue weighted by Gasteiger charge is 2.21. The van der Waals surface area contributed by atoms with Gasteiger partial charge in [-0.15, -0.1) is 0 Å². The highest BCUT2D eigenvalue weighted by molar-refractivity contribution is 6.30. The van der Waals surface area contributed by atoms with E-state index in [4.69, 9.17) is 16.3 Å². The molecule has 31 heavy (non-hydrogen) atoms. The van der Waals surface area contributed by atoms with E-state index in [1.165, 1.54) is 11.6 Å². The van der Waals surface area contributed by atoms with Gasteiger partial charge in [0.1, 0.15) is 0 Å². The molecule has 0 unspecified atom stereocenters. The Kier molecular flexibility index (Phi) is 8.27. The number of allylic oxidation sites excluding steroid dienone is 1. The van der Waals surface area contributed by atoms with Crippen LogP contribution in [-0.4, -0.2) is 61.0 Å². The van der Waals surface area contributed by atoms with Crippen LogP contribution in [0.4, 0.5) is 0 Å². The van der Waals surface area contributed by atoms with Gasteiger partial charge in [-0.2, -0.15) is 0 Å². The third-order valence-electron chi connectivity index (χ3n) is 5.50. The lowest BCUT2D eigenvalue weighted by Crippen LogP contribution is -2.49. The van der Waals surface area contributed by atoms with Crippen LogP contribution in [0.25, 0.3) is 5.57 Å². The first kappa shape index (κ1) is 23.0. The first-order valence-electron chi connectivity index (χ1n) is 10.7. The maximum atomic E-state index is 12.6. The first-order valence-corrected chi connectivity index (χ1v) is 11.1. The number of benzene rings is 2. The SMILES string of the molecule is CCOC(=O)/C=C(\C)c1ccc(CCN2CCN(C(=O)c3ccc(Cl)cc3)CC2)cc1. The predicted octanol–water partition coefficient (Wildman–Crippen LogP) is 4.31. The van der Waals surface area contributed by atoms with Gasteiger partial charge in [0, 0.05) is 49.4 Å². The topological polar surface area (TPSA) is 49.9 Å². The summed E-state index contributed by atoms with van der Waals surface area (Å²) in [6.07, 6.45) is 2.48. The Morgan fingerprint density at radius 2 is 1.58 bits per heavy atom. The molecule has 0 bridgehead atoms. The Labute approximate surface area is 189 Å². The maximum absolute atomic E-state index is 12.6. The molecule has 0 aromatic heterocycles. The van der Waals surface area contributed by atoms with Gasteiger partial charge in [-0.05, 0) is 61.2 Å². The van der Waals surface area contributed by atoms with E-state index in [9.17, 15) is 9.59 Å². The zero-order chi connectivity index (χ0) is 22.2. The molecule has 1 amide bonds. The molecule has 0 saturated carbocycles. The number of hydrogen-bond donors (Lipinski definition) is 0. The third-order valence-corrected chi connectivity index (χ3v) is 5.75. The molecule has 0 radical (unpaired) electrons. The van der Waals surface area contributed by atoms with Crippen LogP contribution in [0.3, 0.4) is 0 Å². The molecule has 1 heterocycles. The van der Waals surface area contributed by atoms with E-state index in [1.54, 1.807) is 31.2 Å². The van der Waals surface area contributed by atoms with Crippen LogP contribution in [-0.2, 0) is 16.0 Å². The lowest BCUT2D eigenvalue weighted by molar-refractivity contribution is -0.137. The number of carbonyl (C=O) groups is 2. The van der Waals surface area contributed by atoms with Crippen molar-refractivity contribution >= 4 is 29.1 Å². The minimum atomic E-state index is -0.308. The Morgan fingerprint density at radius 3 is 2.19 bits per heavy atom. The van der Waals surface area contributed by atoms with Crippen LogP contribution in [0.1, 0.15) is 35.3 Å². The second-order valence-corrected chi connectivity index (χ2v) is 8.10. The second-order valence-electron chi connectivity index (χ2n) is 7.67. The monoisotopic (exact) mass is 440 g/mol. The van der Waals surface area contributed by atoms with Crippen molar-refractivity contribution in [1.29, 1.82) is 0 Å². The van der Waals surface area contributed by atoms with Crippen LogP contribution in [0.5, 0.6) is 0 Å². The summed E-state index contributed by atoms with van der Waals surface area (Å²) in [5.41, 5.74) is 3.86. The van der Waals surface area contributed by atoms with Gasteiger partial charge in [-0.25, -0.2) is 4.79 Å². The smallest absolute Gasteiger partial charge is 0.331 e. The molecule has 0 aliphatic carbocycles. The molecule has 2 aromatic rings. The van der Waals surface area contributed by atoms with Gasteiger partial charge in [0.25, 0.3) is 5.91 Å². The number of esters is 1. The van der Waals surface area contributed by atoms with Crippen LogP contribution in [0, 0.1) is 0 Å². The summed E-state index contributed by atoms with van der Waals surface area (Å²) in [5, 5.41) is 0.639. The van der Waals surface area contributed by atoms with Crippen molar-refractivity contribution < 1.29 is 14.3 Å². The van der Waals surface area contributed by atoms with Gasteiger partial charge in [-0.1, -0.05) is 35.9 Å². The molecule has 5 nitrogen and oxygen atoms in total. The molecule has 2 aromatic carbocycles. The van der Waals surface area contributed by atoms with Gasteiger partial charge in [0.15, 0.2) is 0 Å². The van der Waals surface area contributed by atoms with E-state index in [0.717, 1.165) is 50.3 Å².